The first kappa shape index (κ1) is 7.53. The average molecular weight is 169 g/mol. The summed E-state index contributed by atoms with van der Waals surface area (Å²) in [5.74, 6) is -0.970. The van der Waals surface area contributed by atoms with E-state index in [-0.39, 0.29) is 5.75 Å². The summed E-state index contributed by atoms with van der Waals surface area (Å²) in [6.07, 6.45) is 2.41. The molecule has 2 rings (SSSR count). The molecule has 1 nitrogen and oxygen atoms in total. The lowest BCUT2D eigenvalue weighted by atomic mass is 10.1. The van der Waals surface area contributed by atoms with Crippen molar-refractivity contribution >= 4 is 0 Å². The summed E-state index contributed by atoms with van der Waals surface area (Å²) in [4.78, 5) is 0. The molecular weight excluding hydrogens is 162 g/mol. The fraction of sp³-hybridized carbons (Fsp3) is 0.222. The van der Waals surface area contributed by atoms with Crippen molar-refractivity contribution in [3.63, 3.8) is 0 Å². The van der Waals surface area contributed by atoms with E-state index in [4.69, 9.17) is 4.74 Å². The van der Waals surface area contributed by atoms with Gasteiger partial charge in [-0.25, -0.2) is 8.78 Å². The van der Waals surface area contributed by atoms with Gasteiger partial charge in [-0.3, -0.25) is 0 Å². The lowest BCUT2D eigenvalue weighted by Crippen LogP contribution is -2.10. The Morgan fingerprint density at radius 2 is 2.08 bits per heavy atom. The minimum absolute atomic E-state index is 0.193. The molecule has 0 amide bonds. The van der Waals surface area contributed by atoms with E-state index in [1.807, 2.05) is 6.42 Å². The van der Waals surface area contributed by atoms with Gasteiger partial charge in [0.05, 0.1) is 6.61 Å². The fourth-order valence-corrected chi connectivity index (χ4v) is 1.28. The third kappa shape index (κ3) is 1.15. The predicted molar refractivity (Wildman–Crippen MR) is 39.9 cm³/mol. The second kappa shape index (κ2) is 2.73. The van der Waals surface area contributed by atoms with Crippen LogP contribution in [0.1, 0.15) is 5.56 Å². The highest BCUT2D eigenvalue weighted by molar-refractivity contribution is 5.38. The standard InChI is InChI=1S/C9H7F2O/c10-7-4-6-2-1-3-12-9(6)8(11)5-7/h1,4-5H,2-3H2. The van der Waals surface area contributed by atoms with E-state index in [2.05, 4.69) is 0 Å². The summed E-state index contributed by atoms with van der Waals surface area (Å²) in [5.41, 5.74) is 0.582. The largest absolute Gasteiger partial charge is 0.490 e. The second-order valence-corrected chi connectivity index (χ2v) is 2.68. The molecule has 1 aromatic rings. The molecule has 0 N–H and O–H groups in total. The molecule has 1 aliphatic rings. The molecule has 12 heavy (non-hydrogen) atoms. The normalized spacial score (nSPS) is 15.2. The van der Waals surface area contributed by atoms with Crippen molar-refractivity contribution < 1.29 is 13.5 Å². The molecule has 0 unspecified atom stereocenters. The Labute approximate surface area is 69.0 Å². The Bertz CT molecular complexity index is 310. The Kier molecular flexibility index (Phi) is 1.71. The van der Waals surface area contributed by atoms with E-state index in [9.17, 15) is 8.78 Å². The summed E-state index contributed by atoms with van der Waals surface area (Å²) in [6, 6.07) is 2.14. The van der Waals surface area contributed by atoms with Gasteiger partial charge in [-0.05, 0) is 12.5 Å². The zero-order valence-electron chi connectivity index (χ0n) is 6.31. The molecular formula is C9H7F2O. The van der Waals surface area contributed by atoms with Gasteiger partial charge in [-0.1, -0.05) is 0 Å². The molecule has 0 atom stereocenters. The molecule has 0 fully saturated rings. The zero-order valence-corrected chi connectivity index (χ0v) is 6.31. The van der Waals surface area contributed by atoms with Gasteiger partial charge in [-0.2, -0.15) is 0 Å². The monoisotopic (exact) mass is 169 g/mol. The number of fused-ring (bicyclic) bond motifs is 1. The Balaban J connectivity index is 2.53. The zero-order chi connectivity index (χ0) is 8.55. The molecule has 1 aromatic carbocycles. The lowest BCUT2D eigenvalue weighted by Gasteiger charge is -2.16. The van der Waals surface area contributed by atoms with E-state index >= 15 is 0 Å². The number of benzene rings is 1. The summed E-state index contributed by atoms with van der Waals surface area (Å²) in [5, 5.41) is 0. The van der Waals surface area contributed by atoms with Crippen molar-refractivity contribution in [3.05, 3.63) is 35.8 Å². The molecule has 63 valence electrons. The van der Waals surface area contributed by atoms with Crippen molar-refractivity contribution in [3.8, 4) is 5.75 Å². The Hall–Kier alpha value is -1.12. The summed E-state index contributed by atoms with van der Waals surface area (Å²) in [6.45, 7) is 0.398. The average Bonchev–Trinajstić information content (AvgIpc) is 2.04. The SMILES string of the molecule is Fc1cc(F)c2c(c1)C[CH]CO2. The van der Waals surface area contributed by atoms with Crippen LogP contribution in [0.2, 0.25) is 0 Å². The first-order chi connectivity index (χ1) is 5.77. The molecule has 1 aliphatic heterocycles. The van der Waals surface area contributed by atoms with Crippen molar-refractivity contribution in [2.45, 2.75) is 6.42 Å². The molecule has 1 heterocycles. The van der Waals surface area contributed by atoms with Crippen LogP contribution in [0.4, 0.5) is 8.78 Å². The number of hydrogen-bond donors (Lipinski definition) is 0. The van der Waals surface area contributed by atoms with Crippen LogP contribution in [-0.2, 0) is 6.42 Å². The molecule has 1 radical (unpaired) electrons. The number of halogens is 2. The minimum Gasteiger partial charge on any atom is -0.490 e. The first-order valence-corrected chi connectivity index (χ1v) is 3.70. The molecule has 3 heteroatoms. The van der Waals surface area contributed by atoms with Crippen molar-refractivity contribution in [1.82, 2.24) is 0 Å². The molecule has 0 bridgehead atoms. The van der Waals surface area contributed by atoms with Crippen LogP contribution in [0.15, 0.2) is 12.1 Å². The van der Waals surface area contributed by atoms with Gasteiger partial charge in [0.15, 0.2) is 11.6 Å². The smallest absolute Gasteiger partial charge is 0.168 e. The van der Waals surface area contributed by atoms with E-state index in [0.717, 1.165) is 6.07 Å². The second-order valence-electron chi connectivity index (χ2n) is 2.68. The van der Waals surface area contributed by atoms with E-state index in [0.29, 0.717) is 18.6 Å². The molecule has 0 aliphatic carbocycles. The van der Waals surface area contributed by atoms with E-state index < -0.39 is 11.6 Å². The van der Waals surface area contributed by atoms with Crippen molar-refractivity contribution in [2.75, 3.05) is 6.61 Å². The molecule has 0 saturated heterocycles. The highest BCUT2D eigenvalue weighted by atomic mass is 19.1. The third-order valence-corrected chi connectivity index (χ3v) is 1.80. The third-order valence-electron chi connectivity index (χ3n) is 1.80. The first-order valence-electron chi connectivity index (χ1n) is 3.70. The topological polar surface area (TPSA) is 9.23 Å². The number of rotatable bonds is 0. The van der Waals surface area contributed by atoms with Crippen LogP contribution >= 0.6 is 0 Å². The van der Waals surface area contributed by atoms with Crippen LogP contribution < -0.4 is 4.74 Å². The maximum Gasteiger partial charge on any atom is 0.168 e. The van der Waals surface area contributed by atoms with E-state index in [1.165, 1.54) is 6.07 Å². The van der Waals surface area contributed by atoms with Gasteiger partial charge in [0, 0.05) is 18.1 Å². The van der Waals surface area contributed by atoms with Crippen LogP contribution in [-0.4, -0.2) is 6.61 Å². The molecule has 0 spiro atoms. The minimum atomic E-state index is -0.613. The Morgan fingerprint density at radius 3 is 2.92 bits per heavy atom. The van der Waals surface area contributed by atoms with Gasteiger partial charge < -0.3 is 4.74 Å². The lowest BCUT2D eigenvalue weighted by molar-refractivity contribution is 0.308. The highest BCUT2D eigenvalue weighted by Gasteiger charge is 2.16. The van der Waals surface area contributed by atoms with Gasteiger partial charge in [0.25, 0.3) is 0 Å². The van der Waals surface area contributed by atoms with Crippen LogP contribution in [0.3, 0.4) is 0 Å². The summed E-state index contributed by atoms with van der Waals surface area (Å²) < 4.78 is 30.6. The van der Waals surface area contributed by atoms with Crippen LogP contribution in [0.25, 0.3) is 0 Å². The molecule has 0 saturated carbocycles. The summed E-state index contributed by atoms with van der Waals surface area (Å²) in [7, 11) is 0. The van der Waals surface area contributed by atoms with Gasteiger partial charge in [0.1, 0.15) is 5.82 Å². The maximum absolute atomic E-state index is 13.0. The maximum atomic E-state index is 13.0. The van der Waals surface area contributed by atoms with Crippen LogP contribution in [0.5, 0.6) is 5.75 Å². The molecule has 0 aromatic heterocycles. The van der Waals surface area contributed by atoms with Gasteiger partial charge in [0.2, 0.25) is 0 Å². The Morgan fingerprint density at radius 1 is 1.25 bits per heavy atom. The van der Waals surface area contributed by atoms with Gasteiger partial charge in [-0.15, -0.1) is 0 Å². The van der Waals surface area contributed by atoms with E-state index in [1.54, 1.807) is 0 Å². The van der Waals surface area contributed by atoms with Crippen molar-refractivity contribution in [2.24, 2.45) is 0 Å². The quantitative estimate of drug-likeness (QED) is 0.578. The fourth-order valence-electron chi connectivity index (χ4n) is 1.28. The van der Waals surface area contributed by atoms with Crippen molar-refractivity contribution in [1.29, 1.82) is 0 Å². The summed E-state index contributed by atoms with van der Waals surface area (Å²) >= 11 is 0. The number of ether oxygens (including phenoxy) is 1. The van der Waals surface area contributed by atoms with Crippen LogP contribution in [0, 0.1) is 18.1 Å². The highest BCUT2D eigenvalue weighted by Crippen LogP contribution is 2.28. The number of hydrogen-bond acceptors (Lipinski definition) is 1. The predicted octanol–water partition coefficient (Wildman–Crippen LogP) is 2.10. The van der Waals surface area contributed by atoms with Gasteiger partial charge >= 0.3 is 0 Å².